The van der Waals surface area contributed by atoms with Crippen LogP contribution in [-0.2, 0) is 16.4 Å². The van der Waals surface area contributed by atoms with Gasteiger partial charge in [-0.05, 0) is 47.6 Å². The van der Waals surface area contributed by atoms with Crippen LogP contribution in [0.25, 0.3) is 15.8 Å². The second-order valence-electron chi connectivity index (χ2n) is 10.5. The smallest absolute Gasteiger partial charge is 0.274 e. The number of nitrogens with zero attached hydrogens (tertiary/aromatic N) is 5. The molecule has 210 valence electrons. The molecular formula is C28H37N5O4S2. The van der Waals surface area contributed by atoms with E-state index in [1.807, 2.05) is 24.5 Å². The van der Waals surface area contributed by atoms with Gasteiger partial charge >= 0.3 is 0 Å². The molecule has 9 nitrogen and oxygen atoms in total. The summed E-state index contributed by atoms with van der Waals surface area (Å²) in [5, 5.41) is 9.92. The van der Waals surface area contributed by atoms with Gasteiger partial charge in [-0.1, -0.05) is 43.7 Å². The van der Waals surface area contributed by atoms with Crippen molar-refractivity contribution in [1.29, 1.82) is 0 Å². The Hall–Kier alpha value is -2.60. The van der Waals surface area contributed by atoms with Gasteiger partial charge in [0.15, 0.2) is 0 Å². The monoisotopic (exact) mass is 571 g/mol. The number of anilines is 1. The van der Waals surface area contributed by atoms with Gasteiger partial charge < -0.3 is 14.7 Å². The van der Waals surface area contributed by atoms with Gasteiger partial charge in [0.1, 0.15) is 6.10 Å². The second-order valence-corrected chi connectivity index (χ2v) is 13.5. The lowest BCUT2D eigenvalue weighted by molar-refractivity contribution is 0.170. The summed E-state index contributed by atoms with van der Waals surface area (Å²) in [5.74, 6) is 0.495. The zero-order valence-corrected chi connectivity index (χ0v) is 24.3. The maximum Gasteiger partial charge on any atom is 0.274 e. The molecule has 0 radical (unpaired) electrons. The van der Waals surface area contributed by atoms with Crippen LogP contribution >= 0.6 is 11.3 Å². The molecule has 1 saturated heterocycles. The Morgan fingerprint density at radius 3 is 2.62 bits per heavy atom. The molecule has 1 atom stereocenters. The van der Waals surface area contributed by atoms with E-state index >= 15 is 0 Å². The van der Waals surface area contributed by atoms with Crippen molar-refractivity contribution < 1.29 is 18.3 Å². The van der Waals surface area contributed by atoms with Gasteiger partial charge in [0.25, 0.3) is 5.19 Å². The van der Waals surface area contributed by atoms with Crippen LogP contribution in [0.15, 0.2) is 36.7 Å². The molecule has 1 fully saturated rings. The van der Waals surface area contributed by atoms with Crippen molar-refractivity contribution in [1.82, 2.24) is 19.3 Å². The van der Waals surface area contributed by atoms with Crippen LogP contribution in [0.4, 0.5) is 5.95 Å². The highest BCUT2D eigenvalue weighted by Crippen LogP contribution is 2.33. The first-order valence-corrected chi connectivity index (χ1v) is 16.2. The zero-order valence-electron chi connectivity index (χ0n) is 22.6. The number of ether oxygens (including phenoxy) is 1. The molecule has 5 rings (SSSR count). The molecule has 4 heterocycles. The van der Waals surface area contributed by atoms with Gasteiger partial charge in [0.2, 0.25) is 16.0 Å². The van der Waals surface area contributed by atoms with E-state index in [0.717, 1.165) is 66.1 Å². The number of hydrogen-bond acceptors (Lipinski definition) is 9. The van der Waals surface area contributed by atoms with Crippen LogP contribution in [0.3, 0.4) is 0 Å². The van der Waals surface area contributed by atoms with Crippen LogP contribution in [0, 0.1) is 5.92 Å². The fourth-order valence-electron chi connectivity index (χ4n) is 5.08. The maximum atomic E-state index is 12.6. The van der Waals surface area contributed by atoms with Crippen molar-refractivity contribution >= 4 is 43.1 Å². The number of aliphatic hydroxyl groups excluding tert-OH is 1. The number of piperidine rings is 1. The van der Waals surface area contributed by atoms with Crippen LogP contribution < -0.4 is 9.64 Å². The summed E-state index contributed by atoms with van der Waals surface area (Å²) in [5.41, 5.74) is 4.33. The normalized spacial score (nSPS) is 18.3. The number of aliphatic hydroxyl groups is 1. The molecule has 1 N–H and O–H groups in total. The Balaban J connectivity index is 1.18. The predicted octanol–water partition coefficient (Wildman–Crippen LogP) is 4.13. The topological polar surface area (TPSA) is 109 Å². The van der Waals surface area contributed by atoms with E-state index in [1.165, 1.54) is 9.87 Å². The first-order chi connectivity index (χ1) is 18.8. The van der Waals surface area contributed by atoms with E-state index in [2.05, 4.69) is 33.9 Å². The number of sulfonamides is 1. The molecule has 3 aromatic rings. The lowest BCUT2D eigenvalue weighted by Gasteiger charge is -2.31. The number of thiazole rings is 1. The van der Waals surface area contributed by atoms with E-state index < -0.39 is 10.0 Å². The molecule has 39 heavy (non-hydrogen) atoms. The number of rotatable bonds is 10. The molecule has 0 aliphatic carbocycles. The third-order valence-corrected chi connectivity index (χ3v) is 10.4. The van der Waals surface area contributed by atoms with Gasteiger partial charge in [0.05, 0.1) is 16.0 Å². The molecule has 0 unspecified atom stereocenters. The van der Waals surface area contributed by atoms with Crippen LogP contribution in [0.1, 0.15) is 50.7 Å². The predicted molar refractivity (Wildman–Crippen MR) is 156 cm³/mol. The average molecular weight is 572 g/mol. The van der Waals surface area contributed by atoms with Crippen LogP contribution in [-0.4, -0.2) is 77.4 Å². The van der Waals surface area contributed by atoms with Crippen LogP contribution in [0.2, 0.25) is 0 Å². The van der Waals surface area contributed by atoms with Crippen molar-refractivity contribution in [3.05, 3.63) is 47.8 Å². The minimum Gasteiger partial charge on any atom is -0.467 e. The number of aryl methyl sites for hydroxylation is 1. The Bertz CT molecular complexity index is 1400. The fourth-order valence-corrected chi connectivity index (χ4v) is 7.71. The fraction of sp³-hybridized carbons (Fsp3) is 0.536. The van der Waals surface area contributed by atoms with Crippen molar-refractivity contribution in [2.75, 3.05) is 43.4 Å². The Morgan fingerprint density at radius 2 is 1.95 bits per heavy atom. The largest absolute Gasteiger partial charge is 0.467 e. The van der Waals surface area contributed by atoms with E-state index in [4.69, 9.17) is 9.72 Å². The van der Waals surface area contributed by atoms with Gasteiger partial charge in [-0.15, -0.1) is 0 Å². The summed E-state index contributed by atoms with van der Waals surface area (Å²) in [4.78, 5) is 16.0. The minimum absolute atomic E-state index is 0.0266. The third kappa shape index (κ3) is 6.77. The maximum absolute atomic E-state index is 12.6. The zero-order chi connectivity index (χ0) is 27.4. The highest BCUT2D eigenvalue weighted by atomic mass is 32.2. The van der Waals surface area contributed by atoms with Gasteiger partial charge in [0, 0.05) is 58.0 Å². The SMILES string of the molecule is CCCc1cnc(N2CCC(Oc3nc4ccc(C5=CCN(S(=O)(=O)C[C@H](C)CO)CC5)cc4s3)CC2)nc1. The summed E-state index contributed by atoms with van der Waals surface area (Å²) in [6.45, 7) is 6.29. The van der Waals surface area contributed by atoms with Gasteiger partial charge in [-0.25, -0.2) is 23.4 Å². The lowest BCUT2D eigenvalue weighted by Crippen LogP contribution is -2.39. The number of aromatic nitrogens is 3. The lowest BCUT2D eigenvalue weighted by atomic mass is 10.0. The highest BCUT2D eigenvalue weighted by molar-refractivity contribution is 7.89. The Morgan fingerprint density at radius 1 is 1.18 bits per heavy atom. The number of fused-ring (bicyclic) bond motifs is 1. The van der Waals surface area contributed by atoms with Crippen molar-refractivity contribution in [2.24, 2.45) is 5.92 Å². The molecule has 1 aromatic carbocycles. The summed E-state index contributed by atoms with van der Waals surface area (Å²) in [6.07, 6.45) is 10.5. The first kappa shape index (κ1) is 27.9. The number of benzene rings is 1. The highest BCUT2D eigenvalue weighted by Gasteiger charge is 2.27. The molecule has 0 spiro atoms. The average Bonchev–Trinajstić information content (AvgIpc) is 3.35. The second kappa shape index (κ2) is 12.3. The van der Waals surface area contributed by atoms with E-state index in [0.29, 0.717) is 24.7 Å². The van der Waals surface area contributed by atoms with Crippen molar-refractivity contribution in [3.63, 3.8) is 0 Å². The molecule has 0 saturated carbocycles. The standard InChI is InChI=1S/C28H37N5O4S2/c1-3-4-21-16-29-27(30-17-21)32-11-9-24(10-12-32)37-28-31-25-6-5-23(15-26(25)38-28)22-7-13-33(14-8-22)39(35,36)19-20(2)18-34/h5-7,15-17,20,24,34H,3-4,8-14,18-19H2,1-2H3/t20-/m1/s1. The third-order valence-electron chi connectivity index (χ3n) is 7.33. The molecule has 11 heteroatoms. The summed E-state index contributed by atoms with van der Waals surface area (Å²) in [6, 6.07) is 6.20. The van der Waals surface area contributed by atoms with Gasteiger partial charge in [-0.2, -0.15) is 4.31 Å². The van der Waals surface area contributed by atoms with E-state index in [1.54, 1.807) is 18.3 Å². The Kier molecular flexibility index (Phi) is 8.80. The minimum atomic E-state index is -3.37. The molecule has 2 aromatic heterocycles. The summed E-state index contributed by atoms with van der Waals surface area (Å²) < 4.78 is 34.1. The van der Waals surface area contributed by atoms with Crippen molar-refractivity contribution in [3.8, 4) is 5.19 Å². The summed E-state index contributed by atoms with van der Waals surface area (Å²) >= 11 is 1.56. The molecule has 2 aliphatic rings. The van der Waals surface area contributed by atoms with Crippen molar-refractivity contribution in [2.45, 2.75) is 52.1 Å². The molecule has 0 amide bonds. The molecule has 0 bridgehead atoms. The molecular weight excluding hydrogens is 534 g/mol. The Labute approximate surface area is 234 Å². The first-order valence-electron chi connectivity index (χ1n) is 13.8. The van der Waals surface area contributed by atoms with Crippen LogP contribution in [0.5, 0.6) is 5.19 Å². The van der Waals surface area contributed by atoms with E-state index in [9.17, 15) is 13.5 Å². The number of hydrogen-bond donors (Lipinski definition) is 1. The van der Waals surface area contributed by atoms with E-state index in [-0.39, 0.29) is 24.4 Å². The summed E-state index contributed by atoms with van der Waals surface area (Å²) in [7, 11) is -3.37. The molecule has 2 aliphatic heterocycles. The quantitative estimate of drug-likeness (QED) is 0.387. The van der Waals surface area contributed by atoms with Gasteiger partial charge in [-0.3, -0.25) is 0 Å².